The van der Waals surface area contributed by atoms with E-state index in [9.17, 15) is 0 Å². The number of hydrogen-bond acceptors (Lipinski definition) is 2. The second kappa shape index (κ2) is 7.43. The van der Waals surface area contributed by atoms with Gasteiger partial charge in [0.2, 0.25) is 0 Å². The predicted molar refractivity (Wildman–Crippen MR) is 105 cm³/mol. The number of benzene rings is 2. The summed E-state index contributed by atoms with van der Waals surface area (Å²) in [5.41, 5.74) is 4.55. The number of rotatable bonds is 4. The molecule has 25 heavy (non-hydrogen) atoms. The summed E-state index contributed by atoms with van der Waals surface area (Å²) in [5.74, 6) is 0. The second-order valence-electron chi connectivity index (χ2n) is 5.58. The van der Waals surface area contributed by atoms with Gasteiger partial charge >= 0.3 is 153 Å². The van der Waals surface area contributed by atoms with Crippen LogP contribution in [-0.4, -0.2) is 24.5 Å². The van der Waals surface area contributed by atoms with Gasteiger partial charge in [0.1, 0.15) is 0 Å². The maximum absolute atomic E-state index is 4.96. The van der Waals surface area contributed by atoms with E-state index in [0.717, 1.165) is 21.4 Å². The molecule has 0 saturated heterocycles. The predicted octanol–water partition coefficient (Wildman–Crippen LogP) is 5.04. The molecular formula is C22H16N2Se. The van der Waals surface area contributed by atoms with Crippen LogP contribution < -0.4 is 0 Å². The van der Waals surface area contributed by atoms with Crippen molar-refractivity contribution in [1.82, 2.24) is 9.97 Å². The third-order valence-corrected chi connectivity index (χ3v) is 6.08. The van der Waals surface area contributed by atoms with Crippen LogP contribution in [-0.2, 0) is 0 Å². The van der Waals surface area contributed by atoms with Crippen LogP contribution in [0.4, 0.5) is 0 Å². The third-order valence-electron chi connectivity index (χ3n) is 3.84. The molecule has 0 aliphatic carbocycles. The van der Waals surface area contributed by atoms with Gasteiger partial charge < -0.3 is 0 Å². The Morgan fingerprint density at radius 2 is 1.44 bits per heavy atom. The molecule has 2 nitrogen and oxygen atoms in total. The van der Waals surface area contributed by atoms with E-state index >= 15 is 0 Å². The number of pyridine rings is 1. The van der Waals surface area contributed by atoms with Crippen molar-refractivity contribution in [2.45, 2.75) is 0 Å². The van der Waals surface area contributed by atoms with E-state index in [-0.39, 0.29) is 14.5 Å². The Kier molecular flexibility index (Phi) is 4.69. The van der Waals surface area contributed by atoms with Gasteiger partial charge in [-0.15, -0.1) is 0 Å². The molecule has 4 aromatic rings. The Hall–Kier alpha value is -2.74. The molecule has 0 bridgehead atoms. The molecule has 0 atom stereocenters. The number of nitrogens with zero attached hydrogens (tertiary/aromatic N) is 2. The van der Waals surface area contributed by atoms with Gasteiger partial charge in [-0.1, -0.05) is 0 Å². The van der Waals surface area contributed by atoms with E-state index in [0.29, 0.717) is 0 Å². The molecule has 0 N–H and O–H groups in total. The summed E-state index contributed by atoms with van der Waals surface area (Å²) < 4.78 is 2.42. The Balaban J connectivity index is 1.78. The SMILES string of the molecule is C(=C\c1[se]c(-c2cccnc2)nc1-c1ccccc1)/c1ccccc1. The van der Waals surface area contributed by atoms with Crippen LogP contribution in [0.5, 0.6) is 0 Å². The molecular weight excluding hydrogens is 371 g/mol. The maximum atomic E-state index is 4.96. The van der Waals surface area contributed by atoms with Crippen molar-refractivity contribution >= 4 is 26.7 Å². The van der Waals surface area contributed by atoms with Gasteiger partial charge in [-0.05, 0) is 0 Å². The van der Waals surface area contributed by atoms with Crippen molar-refractivity contribution in [2.75, 3.05) is 0 Å². The fourth-order valence-corrected chi connectivity index (χ4v) is 4.65. The van der Waals surface area contributed by atoms with Crippen LogP contribution in [0, 0.1) is 0 Å². The summed E-state index contributed by atoms with van der Waals surface area (Å²) in [6.07, 6.45) is 8.08. The van der Waals surface area contributed by atoms with Crippen molar-refractivity contribution in [3.05, 3.63) is 95.2 Å². The fourth-order valence-electron chi connectivity index (χ4n) is 2.60. The summed E-state index contributed by atoms with van der Waals surface area (Å²) in [5, 5.41) is 0. The molecule has 3 heteroatoms. The average Bonchev–Trinajstić information content (AvgIpc) is 3.13. The Morgan fingerprint density at radius 3 is 2.16 bits per heavy atom. The van der Waals surface area contributed by atoms with Gasteiger partial charge in [0.25, 0.3) is 0 Å². The van der Waals surface area contributed by atoms with Gasteiger partial charge in [-0.25, -0.2) is 0 Å². The van der Waals surface area contributed by atoms with Crippen LogP contribution >= 0.6 is 0 Å². The van der Waals surface area contributed by atoms with Crippen molar-refractivity contribution in [3.8, 4) is 21.4 Å². The van der Waals surface area contributed by atoms with Crippen LogP contribution in [0.1, 0.15) is 10.0 Å². The molecule has 0 aliphatic rings. The molecule has 120 valence electrons. The molecule has 2 aromatic carbocycles. The first kappa shape index (κ1) is 15.8. The van der Waals surface area contributed by atoms with Crippen molar-refractivity contribution in [2.24, 2.45) is 0 Å². The normalized spacial score (nSPS) is 11.0. The molecule has 0 spiro atoms. The summed E-state index contributed by atoms with van der Waals surface area (Å²) in [6.45, 7) is 0. The molecule has 0 saturated carbocycles. The van der Waals surface area contributed by atoms with E-state index in [1.165, 1.54) is 10.0 Å². The molecule has 0 fully saturated rings. The summed E-state index contributed by atoms with van der Waals surface area (Å²) in [7, 11) is 0. The monoisotopic (exact) mass is 388 g/mol. The first-order valence-electron chi connectivity index (χ1n) is 8.10. The van der Waals surface area contributed by atoms with Gasteiger partial charge in [0, 0.05) is 0 Å². The van der Waals surface area contributed by atoms with E-state index in [2.05, 4.69) is 71.7 Å². The van der Waals surface area contributed by atoms with E-state index in [4.69, 9.17) is 4.98 Å². The van der Waals surface area contributed by atoms with Crippen LogP contribution in [0.2, 0.25) is 0 Å². The summed E-state index contributed by atoms with van der Waals surface area (Å²) in [6, 6.07) is 24.8. The Bertz CT molecular complexity index is 974. The molecule has 0 unspecified atom stereocenters. The Morgan fingerprint density at radius 1 is 0.720 bits per heavy atom. The molecule has 4 rings (SSSR count). The zero-order valence-corrected chi connectivity index (χ0v) is 15.3. The molecule has 0 aliphatic heterocycles. The minimum atomic E-state index is 0.166. The molecule has 2 heterocycles. The van der Waals surface area contributed by atoms with Crippen molar-refractivity contribution in [1.29, 1.82) is 0 Å². The van der Waals surface area contributed by atoms with Gasteiger partial charge in [0.15, 0.2) is 0 Å². The number of aromatic nitrogens is 2. The minimum absolute atomic E-state index is 0.166. The molecule has 2 aromatic heterocycles. The van der Waals surface area contributed by atoms with E-state index in [1.807, 2.05) is 24.4 Å². The summed E-state index contributed by atoms with van der Waals surface area (Å²) in [4.78, 5) is 9.19. The van der Waals surface area contributed by atoms with E-state index in [1.54, 1.807) is 6.20 Å². The quantitative estimate of drug-likeness (QED) is 0.459. The standard InChI is InChI=1S/C22H16N2Se/c1-3-8-17(9-4-1)13-14-20-21(18-10-5-2-6-11-18)24-22(25-20)19-12-7-15-23-16-19/h1-16H/b14-13+. The zero-order valence-electron chi connectivity index (χ0n) is 13.5. The third kappa shape index (κ3) is 3.69. The fraction of sp³-hybridized carbons (Fsp3) is 0. The van der Waals surface area contributed by atoms with E-state index < -0.39 is 0 Å². The van der Waals surface area contributed by atoms with Crippen LogP contribution in [0.25, 0.3) is 33.5 Å². The Labute approximate surface area is 153 Å². The second-order valence-corrected chi connectivity index (χ2v) is 7.75. The zero-order chi connectivity index (χ0) is 16.9. The first-order chi connectivity index (χ1) is 12.4. The molecule has 0 radical (unpaired) electrons. The van der Waals surface area contributed by atoms with Gasteiger partial charge in [0.05, 0.1) is 0 Å². The average molecular weight is 387 g/mol. The van der Waals surface area contributed by atoms with Crippen LogP contribution in [0.3, 0.4) is 0 Å². The van der Waals surface area contributed by atoms with Gasteiger partial charge in [-0.3, -0.25) is 0 Å². The van der Waals surface area contributed by atoms with Crippen molar-refractivity contribution < 1.29 is 0 Å². The number of hydrogen-bond donors (Lipinski definition) is 0. The van der Waals surface area contributed by atoms with Crippen LogP contribution in [0.15, 0.2) is 85.2 Å². The van der Waals surface area contributed by atoms with Gasteiger partial charge in [-0.2, -0.15) is 0 Å². The summed E-state index contributed by atoms with van der Waals surface area (Å²) >= 11 is 0.166. The van der Waals surface area contributed by atoms with Crippen molar-refractivity contribution in [3.63, 3.8) is 0 Å². The first-order valence-corrected chi connectivity index (χ1v) is 9.81. The topological polar surface area (TPSA) is 25.8 Å². The molecule has 0 amide bonds.